The molecule has 2 N–H and O–H groups in total. The highest BCUT2D eigenvalue weighted by molar-refractivity contribution is 5.32. The number of rotatable bonds is 1. The van der Waals surface area contributed by atoms with Gasteiger partial charge in [0, 0.05) is 24.4 Å². The first-order valence-corrected chi connectivity index (χ1v) is 3.95. The Morgan fingerprint density at radius 2 is 2.36 bits per heavy atom. The third kappa shape index (κ3) is 1.14. The molecule has 1 aromatic heterocycles. The van der Waals surface area contributed by atoms with E-state index in [-0.39, 0.29) is 0 Å². The van der Waals surface area contributed by atoms with E-state index in [1.165, 1.54) is 11.1 Å². The highest BCUT2D eigenvalue weighted by Gasteiger charge is 2.35. The van der Waals surface area contributed by atoms with E-state index in [1.807, 2.05) is 12.4 Å². The molecule has 1 aliphatic carbocycles. The summed E-state index contributed by atoms with van der Waals surface area (Å²) in [7, 11) is 0. The highest BCUT2D eigenvalue weighted by atomic mass is 14.7. The summed E-state index contributed by atoms with van der Waals surface area (Å²) in [5.74, 6) is 0.609. The lowest BCUT2D eigenvalue weighted by molar-refractivity contribution is 0.973. The summed E-state index contributed by atoms with van der Waals surface area (Å²) in [5.41, 5.74) is 8.40. The monoisotopic (exact) mass is 148 g/mol. The number of hydrogen-bond acceptors (Lipinski definition) is 2. The first-order chi connectivity index (χ1) is 5.29. The molecule has 0 bridgehead atoms. The summed E-state index contributed by atoms with van der Waals surface area (Å²) in [5, 5.41) is 0. The van der Waals surface area contributed by atoms with Gasteiger partial charge in [-0.15, -0.1) is 0 Å². The van der Waals surface area contributed by atoms with Crippen LogP contribution in [0.5, 0.6) is 0 Å². The number of nitrogens with two attached hydrogens (primary N) is 1. The summed E-state index contributed by atoms with van der Waals surface area (Å²) >= 11 is 0. The molecule has 2 rings (SSSR count). The lowest BCUT2D eigenvalue weighted by Crippen LogP contribution is -2.01. The van der Waals surface area contributed by atoms with Crippen LogP contribution in [0.25, 0.3) is 0 Å². The van der Waals surface area contributed by atoms with Crippen molar-refractivity contribution in [3.63, 3.8) is 0 Å². The van der Waals surface area contributed by atoms with Gasteiger partial charge in [-0.05, 0) is 30.5 Å². The molecular formula is C9H12N2. The summed E-state index contributed by atoms with van der Waals surface area (Å²) in [6.45, 7) is 2.09. The van der Waals surface area contributed by atoms with Gasteiger partial charge in [-0.1, -0.05) is 0 Å². The van der Waals surface area contributed by atoms with E-state index >= 15 is 0 Å². The second kappa shape index (κ2) is 2.31. The van der Waals surface area contributed by atoms with Crippen LogP contribution in [0.2, 0.25) is 0 Å². The van der Waals surface area contributed by atoms with Gasteiger partial charge in [0.05, 0.1) is 0 Å². The van der Waals surface area contributed by atoms with Crippen molar-refractivity contribution in [2.75, 3.05) is 0 Å². The van der Waals surface area contributed by atoms with E-state index in [4.69, 9.17) is 5.73 Å². The third-order valence-corrected chi connectivity index (χ3v) is 2.30. The van der Waals surface area contributed by atoms with Gasteiger partial charge in [-0.25, -0.2) is 0 Å². The average Bonchev–Trinajstić information content (AvgIpc) is 2.68. The Kier molecular flexibility index (Phi) is 1.43. The number of pyridine rings is 1. The Hall–Kier alpha value is -0.890. The Bertz CT molecular complexity index is 270. The van der Waals surface area contributed by atoms with E-state index in [9.17, 15) is 0 Å². The molecule has 58 valence electrons. The Morgan fingerprint density at radius 1 is 1.64 bits per heavy atom. The molecule has 1 aromatic rings. The molecule has 2 atom stereocenters. The minimum absolute atomic E-state index is 0.399. The van der Waals surface area contributed by atoms with Crippen LogP contribution in [0, 0.1) is 6.92 Å². The predicted octanol–water partition coefficient (Wildman–Crippen LogP) is 1.20. The zero-order valence-electron chi connectivity index (χ0n) is 6.62. The molecule has 0 aliphatic heterocycles. The first-order valence-electron chi connectivity index (χ1n) is 3.95. The molecular weight excluding hydrogens is 136 g/mol. The van der Waals surface area contributed by atoms with Crippen molar-refractivity contribution in [1.29, 1.82) is 0 Å². The van der Waals surface area contributed by atoms with Gasteiger partial charge in [0.25, 0.3) is 0 Å². The van der Waals surface area contributed by atoms with Gasteiger partial charge in [-0.2, -0.15) is 0 Å². The van der Waals surface area contributed by atoms with Crippen molar-refractivity contribution in [3.05, 3.63) is 29.6 Å². The van der Waals surface area contributed by atoms with Crippen LogP contribution in [0.15, 0.2) is 18.5 Å². The van der Waals surface area contributed by atoms with Gasteiger partial charge in [0.15, 0.2) is 0 Å². The first kappa shape index (κ1) is 6.80. The second-order valence-corrected chi connectivity index (χ2v) is 3.24. The van der Waals surface area contributed by atoms with Gasteiger partial charge in [-0.3, -0.25) is 4.98 Å². The summed E-state index contributed by atoms with van der Waals surface area (Å²) in [4.78, 5) is 4.04. The molecule has 0 aromatic carbocycles. The topological polar surface area (TPSA) is 38.9 Å². The maximum absolute atomic E-state index is 5.75. The minimum atomic E-state index is 0.399. The van der Waals surface area contributed by atoms with E-state index < -0.39 is 0 Å². The largest absolute Gasteiger partial charge is 0.327 e. The predicted molar refractivity (Wildman–Crippen MR) is 44.3 cm³/mol. The van der Waals surface area contributed by atoms with Crippen molar-refractivity contribution in [3.8, 4) is 0 Å². The van der Waals surface area contributed by atoms with Crippen LogP contribution in [0.1, 0.15) is 23.5 Å². The molecule has 2 heteroatoms. The second-order valence-electron chi connectivity index (χ2n) is 3.24. The van der Waals surface area contributed by atoms with Crippen molar-refractivity contribution < 1.29 is 0 Å². The fourth-order valence-electron chi connectivity index (χ4n) is 1.47. The molecule has 0 saturated heterocycles. The van der Waals surface area contributed by atoms with Gasteiger partial charge in [0.2, 0.25) is 0 Å². The van der Waals surface area contributed by atoms with Crippen molar-refractivity contribution >= 4 is 0 Å². The summed E-state index contributed by atoms with van der Waals surface area (Å²) < 4.78 is 0. The molecule has 1 fully saturated rings. The zero-order chi connectivity index (χ0) is 7.84. The minimum Gasteiger partial charge on any atom is -0.327 e. The van der Waals surface area contributed by atoms with E-state index in [0.29, 0.717) is 12.0 Å². The molecule has 11 heavy (non-hydrogen) atoms. The lowest BCUT2D eigenvalue weighted by Gasteiger charge is -2.01. The number of hydrogen-bond donors (Lipinski definition) is 1. The molecule has 0 amide bonds. The zero-order valence-corrected chi connectivity index (χ0v) is 6.62. The van der Waals surface area contributed by atoms with Crippen LogP contribution in [0.4, 0.5) is 0 Å². The van der Waals surface area contributed by atoms with Crippen molar-refractivity contribution in [2.24, 2.45) is 5.73 Å². The van der Waals surface area contributed by atoms with Crippen LogP contribution >= 0.6 is 0 Å². The van der Waals surface area contributed by atoms with Crippen molar-refractivity contribution in [2.45, 2.75) is 25.3 Å². The van der Waals surface area contributed by atoms with E-state index in [0.717, 1.165) is 6.42 Å². The number of aryl methyl sites for hydroxylation is 1. The van der Waals surface area contributed by atoms with Gasteiger partial charge in [0.1, 0.15) is 0 Å². The van der Waals surface area contributed by atoms with Crippen molar-refractivity contribution in [1.82, 2.24) is 4.98 Å². The molecule has 2 unspecified atom stereocenters. The lowest BCUT2D eigenvalue weighted by atomic mass is 10.1. The standard InChI is InChI=1S/C9H12N2/c1-6-5-11-3-2-7(6)8-4-9(8)10/h2-3,5,8-9H,4,10H2,1H3. The summed E-state index contributed by atoms with van der Waals surface area (Å²) in [6, 6.07) is 2.48. The molecule has 0 spiro atoms. The molecule has 1 saturated carbocycles. The third-order valence-electron chi connectivity index (χ3n) is 2.30. The molecule has 2 nitrogen and oxygen atoms in total. The average molecular weight is 148 g/mol. The highest BCUT2D eigenvalue weighted by Crippen LogP contribution is 2.39. The van der Waals surface area contributed by atoms with Crippen LogP contribution in [0.3, 0.4) is 0 Å². The maximum atomic E-state index is 5.75. The smallest absolute Gasteiger partial charge is 0.0299 e. The molecule has 1 heterocycles. The molecule has 0 radical (unpaired) electrons. The van der Waals surface area contributed by atoms with E-state index in [2.05, 4.69) is 18.0 Å². The fourth-order valence-corrected chi connectivity index (χ4v) is 1.47. The number of aromatic nitrogens is 1. The van der Waals surface area contributed by atoms with Gasteiger partial charge < -0.3 is 5.73 Å². The SMILES string of the molecule is Cc1cnccc1C1CC1N. The normalized spacial score (nSPS) is 28.5. The van der Waals surface area contributed by atoms with Crippen LogP contribution in [-0.4, -0.2) is 11.0 Å². The van der Waals surface area contributed by atoms with E-state index in [1.54, 1.807) is 0 Å². The Balaban J connectivity index is 2.31. The fraction of sp³-hybridized carbons (Fsp3) is 0.444. The van der Waals surface area contributed by atoms with Gasteiger partial charge >= 0.3 is 0 Å². The maximum Gasteiger partial charge on any atom is 0.0299 e. The Labute approximate surface area is 66.4 Å². The summed E-state index contributed by atoms with van der Waals surface area (Å²) in [6.07, 6.45) is 4.89. The van der Waals surface area contributed by atoms with Crippen LogP contribution in [-0.2, 0) is 0 Å². The Morgan fingerprint density at radius 3 is 2.91 bits per heavy atom. The quantitative estimate of drug-likeness (QED) is 0.650. The van der Waals surface area contributed by atoms with Crippen LogP contribution < -0.4 is 5.73 Å². The molecule has 1 aliphatic rings. The number of nitrogens with zero attached hydrogens (tertiary/aromatic N) is 1.